The van der Waals surface area contributed by atoms with E-state index in [9.17, 15) is 19.5 Å². The number of aliphatic hydroxyl groups excluding tert-OH is 2. The fourth-order valence-corrected chi connectivity index (χ4v) is 8.66. The van der Waals surface area contributed by atoms with Crippen molar-refractivity contribution in [3.8, 4) is 22.3 Å². The highest BCUT2D eigenvalue weighted by Gasteiger charge is 2.29. The highest BCUT2D eigenvalue weighted by atomic mass is 16.3. The van der Waals surface area contributed by atoms with Crippen LogP contribution in [-0.4, -0.2) is 103 Å². The molecule has 2 aromatic heterocycles. The van der Waals surface area contributed by atoms with Crippen LogP contribution in [-0.2, 0) is 32.7 Å². The lowest BCUT2D eigenvalue weighted by Gasteiger charge is -2.19. The SMILES string of the molecule is CN(CCO)Cc1ccccc1-c1ccc2nc(N)nc(C(=O)N3Cc4ccccc4C3)c2c1.CNCCO.Nc1nc(C(=O)N2Cc3ccccc3C2)c2cc(-c3ccccc3C=O)ccc2n1. The number of carbonyl (C=O) groups excluding carboxylic acids is 3. The average Bonchev–Trinajstić information content (AvgIpc) is 4.02. The number of fused-ring (bicyclic) bond motifs is 4. The zero-order chi connectivity index (χ0) is 48.4. The third kappa shape index (κ3) is 10.8. The number of aldehydes is 1. The molecule has 0 fully saturated rings. The number of aromatic nitrogens is 4. The van der Waals surface area contributed by atoms with E-state index < -0.39 is 0 Å². The lowest BCUT2D eigenvalue weighted by molar-refractivity contribution is 0.0741. The largest absolute Gasteiger partial charge is 0.395 e. The molecule has 7 N–H and O–H groups in total. The Morgan fingerprint density at radius 1 is 0.623 bits per heavy atom. The molecule has 2 aliphatic rings. The topological polar surface area (TPSA) is 217 Å². The molecule has 69 heavy (non-hydrogen) atoms. The molecule has 6 aromatic carbocycles. The number of rotatable bonds is 11. The second-order valence-electron chi connectivity index (χ2n) is 16.8. The fraction of sp³-hybridized carbons (Fsp3) is 0.204. The third-order valence-corrected chi connectivity index (χ3v) is 12.1. The van der Waals surface area contributed by atoms with Crippen LogP contribution in [0, 0.1) is 0 Å². The van der Waals surface area contributed by atoms with Crippen LogP contribution in [0.15, 0.2) is 133 Å². The highest BCUT2D eigenvalue weighted by Crippen LogP contribution is 2.33. The fourth-order valence-electron chi connectivity index (χ4n) is 8.66. The van der Waals surface area contributed by atoms with Crippen molar-refractivity contribution in [2.45, 2.75) is 32.7 Å². The van der Waals surface area contributed by atoms with Gasteiger partial charge in [-0.3, -0.25) is 19.3 Å². The molecule has 0 atom stereocenters. The number of likely N-dealkylation sites (N-methyl/N-ethyl adjacent to an activating group) is 2. The van der Waals surface area contributed by atoms with Crippen molar-refractivity contribution >= 4 is 51.8 Å². The predicted molar refractivity (Wildman–Crippen MR) is 269 cm³/mol. The van der Waals surface area contributed by atoms with Crippen molar-refractivity contribution in [2.75, 3.05) is 51.9 Å². The predicted octanol–water partition coefficient (Wildman–Crippen LogP) is 6.50. The number of nitrogens with zero attached hydrogens (tertiary/aromatic N) is 7. The van der Waals surface area contributed by atoms with Gasteiger partial charge in [-0.15, -0.1) is 0 Å². The van der Waals surface area contributed by atoms with E-state index in [-0.39, 0.29) is 42.6 Å². The molecule has 0 spiro atoms. The molecule has 0 aliphatic carbocycles. The van der Waals surface area contributed by atoms with Crippen molar-refractivity contribution < 1.29 is 24.6 Å². The molecule has 0 bridgehead atoms. The van der Waals surface area contributed by atoms with Crippen LogP contribution in [0.25, 0.3) is 44.1 Å². The van der Waals surface area contributed by atoms with Crippen LogP contribution in [0.4, 0.5) is 11.9 Å². The van der Waals surface area contributed by atoms with E-state index in [2.05, 4.69) is 54.4 Å². The Morgan fingerprint density at radius 2 is 1.07 bits per heavy atom. The number of benzene rings is 6. The average molecular weight is 923 g/mol. The first-order valence-electron chi connectivity index (χ1n) is 22.6. The molecule has 0 radical (unpaired) electrons. The monoisotopic (exact) mass is 922 g/mol. The number of hydrogen-bond donors (Lipinski definition) is 5. The number of nitrogen functional groups attached to an aromatic ring is 2. The van der Waals surface area contributed by atoms with Gasteiger partial charge in [0.25, 0.3) is 11.8 Å². The first kappa shape index (κ1) is 47.5. The number of carbonyl (C=O) groups is 3. The number of amides is 2. The van der Waals surface area contributed by atoms with Gasteiger partial charge in [0.1, 0.15) is 11.4 Å². The molecule has 2 amide bonds. The van der Waals surface area contributed by atoms with Crippen molar-refractivity contribution in [2.24, 2.45) is 0 Å². The molecule has 15 heteroatoms. The molecular formula is C54H54N10O5. The summed E-state index contributed by atoms with van der Waals surface area (Å²) in [5.41, 5.74) is 23.7. The number of nitrogens with one attached hydrogen (secondary N) is 1. The molecule has 2 aliphatic heterocycles. The molecule has 350 valence electrons. The lowest BCUT2D eigenvalue weighted by atomic mass is 9.97. The van der Waals surface area contributed by atoms with Gasteiger partial charge in [-0.25, -0.2) is 19.9 Å². The number of hydrogen-bond acceptors (Lipinski definition) is 13. The van der Waals surface area contributed by atoms with Gasteiger partial charge in [0.15, 0.2) is 6.29 Å². The van der Waals surface area contributed by atoms with Crippen LogP contribution >= 0.6 is 0 Å². The maximum Gasteiger partial charge on any atom is 0.273 e. The van der Waals surface area contributed by atoms with Crippen LogP contribution in [0.1, 0.15) is 59.2 Å². The van der Waals surface area contributed by atoms with Crippen molar-refractivity contribution in [3.05, 3.63) is 178 Å². The summed E-state index contributed by atoms with van der Waals surface area (Å²) in [6, 6.07) is 43.0. The summed E-state index contributed by atoms with van der Waals surface area (Å²) >= 11 is 0. The van der Waals surface area contributed by atoms with Gasteiger partial charge >= 0.3 is 0 Å². The van der Waals surface area contributed by atoms with E-state index in [1.807, 2.05) is 104 Å². The summed E-state index contributed by atoms with van der Waals surface area (Å²) in [7, 11) is 3.78. The zero-order valence-corrected chi connectivity index (χ0v) is 38.5. The Bertz CT molecular complexity index is 3110. The van der Waals surface area contributed by atoms with E-state index in [0.717, 1.165) is 56.4 Å². The molecule has 10 rings (SSSR count). The molecule has 8 aromatic rings. The molecule has 0 saturated heterocycles. The molecular weight excluding hydrogens is 869 g/mol. The maximum absolute atomic E-state index is 13.6. The third-order valence-electron chi connectivity index (χ3n) is 12.1. The lowest BCUT2D eigenvalue weighted by Crippen LogP contribution is -2.27. The van der Waals surface area contributed by atoms with E-state index in [0.29, 0.717) is 78.9 Å². The van der Waals surface area contributed by atoms with E-state index >= 15 is 0 Å². The van der Waals surface area contributed by atoms with Crippen LogP contribution < -0.4 is 16.8 Å². The first-order chi connectivity index (χ1) is 33.6. The number of aliphatic hydroxyl groups is 2. The second-order valence-corrected chi connectivity index (χ2v) is 16.8. The number of nitrogens with two attached hydrogens (primary N) is 2. The van der Waals surface area contributed by atoms with Gasteiger partial charge in [0, 0.05) is 62.1 Å². The van der Waals surface area contributed by atoms with Gasteiger partial charge in [-0.1, -0.05) is 109 Å². The van der Waals surface area contributed by atoms with Gasteiger partial charge < -0.3 is 36.8 Å². The van der Waals surface area contributed by atoms with Crippen LogP contribution in [0.3, 0.4) is 0 Å². The van der Waals surface area contributed by atoms with Crippen LogP contribution in [0.5, 0.6) is 0 Å². The molecule has 4 heterocycles. The van der Waals surface area contributed by atoms with Crippen molar-refractivity contribution in [1.82, 2.24) is 40.0 Å². The Morgan fingerprint density at radius 3 is 1.52 bits per heavy atom. The molecule has 15 nitrogen and oxygen atoms in total. The van der Waals surface area contributed by atoms with Gasteiger partial charge in [-0.05, 0) is 88.4 Å². The summed E-state index contributed by atoms with van der Waals surface area (Å²) in [5, 5.41) is 21.3. The van der Waals surface area contributed by atoms with Crippen molar-refractivity contribution in [3.63, 3.8) is 0 Å². The van der Waals surface area contributed by atoms with Gasteiger partial charge in [0.05, 0.1) is 24.2 Å². The Labute approximate surface area is 400 Å². The minimum atomic E-state index is -0.189. The zero-order valence-electron chi connectivity index (χ0n) is 38.5. The maximum atomic E-state index is 13.6. The normalized spacial score (nSPS) is 12.5. The standard InChI is InChI=1S/C27H27N5O2.C24H18N4O2.C3H9NO/c1-31(12-13-33)15-21-8-4-5-9-22(21)18-10-11-24-23(14-18)25(30-27(28)29-24)26(34)32-16-19-6-2-3-7-20(19)17-32;25-24-26-21-10-9-15(19-8-4-3-7-18(19)14-29)11-20(21)22(27-24)23(30)28-12-16-5-1-2-6-17(16)13-28;1-4-2-3-5/h2-11,14,33H,12-13,15-17H2,1H3,(H2,28,29,30);1-11,14H,12-13H2,(H2,25,26,27);4-5H,2-3H2,1H3. The van der Waals surface area contributed by atoms with E-state index in [1.165, 1.54) is 0 Å². The smallest absolute Gasteiger partial charge is 0.273 e. The molecule has 0 saturated carbocycles. The van der Waals surface area contributed by atoms with E-state index in [4.69, 9.17) is 16.6 Å². The Balaban J connectivity index is 0.000000171. The minimum absolute atomic E-state index is 0.0589. The second kappa shape index (κ2) is 21.8. The van der Waals surface area contributed by atoms with Crippen LogP contribution in [0.2, 0.25) is 0 Å². The van der Waals surface area contributed by atoms with Gasteiger partial charge in [0.2, 0.25) is 11.9 Å². The summed E-state index contributed by atoms with van der Waals surface area (Å²) in [6.45, 7) is 4.51. The minimum Gasteiger partial charge on any atom is -0.395 e. The van der Waals surface area contributed by atoms with E-state index in [1.54, 1.807) is 29.0 Å². The number of anilines is 2. The highest BCUT2D eigenvalue weighted by molar-refractivity contribution is 6.07. The Hall–Kier alpha value is -7.95. The van der Waals surface area contributed by atoms with Crippen molar-refractivity contribution in [1.29, 1.82) is 0 Å². The first-order valence-corrected chi connectivity index (χ1v) is 22.6. The molecule has 0 unspecified atom stereocenters. The quantitative estimate of drug-likeness (QED) is 0.0877. The summed E-state index contributed by atoms with van der Waals surface area (Å²) < 4.78 is 0. The Kier molecular flexibility index (Phi) is 15.0. The summed E-state index contributed by atoms with van der Waals surface area (Å²) in [4.78, 5) is 61.4. The summed E-state index contributed by atoms with van der Waals surface area (Å²) in [5.74, 6) is -0.190. The van der Waals surface area contributed by atoms with Gasteiger partial charge in [-0.2, -0.15) is 0 Å². The summed E-state index contributed by atoms with van der Waals surface area (Å²) in [6.07, 6.45) is 0.826.